The fourth-order valence-electron chi connectivity index (χ4n) is 1.42. The van der Waals surface area contributed by atoms with E-state index in [1.165, 1.54) is 6.07 Å². The van der Waals surface area contributed by atoms with Crippen molar-refractivity contribution in [3.05, 3.63) is 40.9 Å². The van der Waals surface area contributed by atoms with Crippen LogP contribution in [0.25, 0.3) is 0 Å². The molecule has 6 heteroatoms. The maximum Gasteiger partial charge on any atom is 0.151 e. The lowest BCUT2D eigenvalue weighted by molar-refractivity contribution is 0.631. The number of anilines is 3. The van der Waals surface area contributed by atoms with Crippen LogP contribution in [0, 0.1) is 5.82 Å². The van der Waals surface area contributed by atoms with E-state index in [1.807, 2.05) is 6.92 Å². The molecular weight excluding hydrogens is 299 g/mol. The molecule has 0 saturated carbocycles. The number of halogens is 2. The monoisotopic (exact) mass is 310 g/mol. The summed E-state index contributed by atoms with van der Waals surface area (Å²) in [4.78, 5) is 8.29. The molecule has 0 fully saturated rings. The fraction of sp³-hybridized carbons (Fsp3) is 0.167. The van der Waals surface area contributed by atoms with Crippen molar-refractivity contribution in [2.75, 3.05) is 17.2 Å². The Hall–Kier alpha value is -1.69. The topological polar surface area (TPSA) is 49.8 Å². The summed E-state index contributed by atoms with van der Waals surface area (Å²) in [6.07, 6.45) is 3.16. The van der Waals surface area contributed by atoms with Gasteiger partial charge in [0.15, 0.2) is 5.82 Å². The van der Waals surface area contributed by atoms with Crippen molar-refractivity contribution in [3.8, 4) is 0 Å². The molecule has 0 radical (unpaired) electrons. The molecule has 0 atom stereocenters. The van der Waals surface area contributed by atoms with Crippen LogP contribution in [0.4, 0.5) is 21.7 Å². The number of hydrogen-bond acceptors (Lipinski definition) is 4. The van der Waals surface area contributed by atoms with Crippen LogP contribution in [0.1, 0.15) is 6.92 Å². The smallest absolute Gasteiger partial charge is 0.151 e. The van der Waals surface area contributed by atoms with E-state index in [9.17, 15) is 4.39 Å². The molecule has 1 aromatic carbocycles. The molecule has 18 heavy (non-hydrogen) atoms. The molecule has 0 aliphatic carbocycles. The number of nitrogens with one attached hydrogen (secondary N) is 2. The minimum atomic E-state index is -0.347. The largest absolute Gasteiger partial charge is 0.369 e. The maximum atomic E-state index is 13.6. The summed E-state index contributed by atoms with van der Waals surface area (Å²) in [6, 6.07) is 4.79. The van der Waals surface area contributed by atoms with E-state index in [1.54, 1.807) is 24.5 Å². The van der Waals surface area contributed by atoms with Gasteiger partial charge in [-0.3, -0.25) is 4.98 Å². The summed E-state index contributed by atoms with van der Waals surface area (Å²) in [5, 5.41) is 5.93. The van der Waals surface area contributed by atoms with E-state index in [4.69, 9.17) is 0 Å². The molecule has 2 rings (SSSR count). The molecular formula is C12H12BrFN4. The summed E-state index contributed by atoms with van der Waals surface area (Å²) in [7, 11) is 0. The SMILES string of the molecule is CCNc1cncc(Nc2ccc(Br)cc2F)n1. The van der Waals surface area contributed by atoms with Gasteiger partial charge in [-0.2, -0.15) is 0 Å². The van der Waals surface area contributed by atoms with E-state index < -0.39 is 0 Å². The first-order chi connectivity index (χ1) is 8.69. The second kappa shape index (κ2) is 5.77. The van der Waals surface area contributed by atoms with Gasteiger partial charge >= 0.3 is 0 Å². The lowest BCUT2D eigenvalue weighted by atomic mass is 10.3. The minimum Gasteiger partial charge on any atom is -0.369 e. The van der Waals surface area contributed by atoms with Crippen LogP contribution < -0.4 is 10.6 Å². The highest BCUT2D eigenvalue weighted by atomic mass is 79.9. The van der Waals surface area contributed by atoms with Gasteiger partial charge in [-0.25, -0.2) is 9.37 Å². The van der Waals surface area contributed by atoms with Gasteiger partial charge in [-0.1, -0.05) is 15.9 Å². The summed E-state index contributed by atoms with van der Waals surface area (Å²) in [6.45, 7) is 2.72. The number of rotatable bonds is 4. The zero-order chi connectivity index (χ0) is 13.0. The molecule has 2 aromatic rings. The molecule has 94 valence electrons. The molecule has 0 unspecified atom stereocenters. The lowest BCUT2D eigenvalue weighted by Crippen LogP contribution is -2.03. The molecule has 0 aliphatic rings. The van der Waals surface area contributed by atoms with Crippen LogP contribution in [0.5, 0.6) is 0 Å². The number of hydrogen-bond donors (Lipinski definition) is 2. The Bertz CT molecular complexity index is 547. The molecule has 4 nitrogen and oxygen atoms in total. The molecule has 2 N–H and O–H groups in total. The highest BCUT2D eigenvalue weighted by molar-refractivity contribution is 9.10. The second-order valence-corrected chi connectivity index (χ2v) is 4.48. The predicted octanol–water partition coefficient (Wildman–Crippen LogP) is 3.55. The maximum absolute atomic E-state index is 13.6. The molecule has 0 bridgehead atoms. The van der Waals surface area contributed by atoms with Crippen LogP contribution >= 0.6 is 15.9 Å². The number of nitrogens with zero attached hydrogens (tertiary/aromatic N) is 2. The van der Waals surface area contributed by atoms with E-state index >= 15 is 0 Å². The first kappa shape index (κ1) is 12.8. The van der Waals surface area contributed by atoms with Crippen molar-refractivity contribution in [3.63, 3.8) is 0 Å². The number of benzene rings is 1. The van der Waals surface area contributed by atoms with Crippen molar-refractivity contribution in [2.24, 2.45) is 0 Å². The molecule has 0 aliphatic heterocycles. The average Bonchev–Trinajstić information content (AvgIpc) is 2.34. The van der Waals surface area contributed by atoms with E-state index in [0.717, 1.165) is 6.54 Å². The van der Waals surface area contributed by atoms with Crippen molar-refractivity contribution in [1.82, 2.24) is 9.97 Å². The summed E-state index contributed by atoms with van der Waals surface area (Å²) in [5.41, 5.74) is 0.362. The zero-order valence-corrected chi connectivity index (χ0v) is 11.3. The van der Waals surface area contributed by atoms with Crippen molar-refractivity contribution < 1.29 is 4.39 Å². The van der Waals surface area contributed by atoms with Gasteiger partial charge in [0, 0.05) is 11.0 Å². The van der Waals surface area contributed by atoms with Gasteiger partial charge < -0.3 is 10.6 Å². The summed E-state index contributed by atoms with van der Waals surface area (Å²) < 4.78 is 14.3. The third-order valence-corrected chi connectivity index (χ3v) is 2.68. The van der Waals surface area contributed by atoms with Gasteiger partial charge in [-0.15, -0.1) is 0 Å². The third-order valence-electron chi connectivity index (χ3n) is 2.19. The minimum absolute atomic E-state index is 0.347. The van der Waals surface area contributed by atoms with Crippen molar-refractivity contribution in [1.29, 1.82) is 0 Å². The highest BCUT2D eigenvalue weighted by Gasteiger charge is 2.04. The molecule has 1 aromatic heterocycles. The Morgan fingerprint density at radius 1 is 1.28 bits per heavy atom. The van der Waals surface area contributed by atoms with E-state index in [2.05, 4.69) is 36.5 Å². The summed E-state index contributed by atoms with van der Waals surface area (Å²) >= 11 is 3.21. The highest BCUT2D eigenvalue weighted by Crippen LogP contribution is 2.22. The van der Waals surface area contributed by atoms with E-state index in [0.29, 0.717) is 21.8 Å². The van der Waals surface area contributed by atoms with Crippen LogP contribution in [0.15, 0.2) is 35.1 Å². The Balaban J connectivity index is 2.20. The van der Waals surface area contributed by atoms with Crippen LogP contribution in [0.2, 0.25) is 0 Å². The molecule has 0 amide bonds. The third kappa shape index (κ3) is 3.16. The molecule has 1 heterocycles. The average molecular weight is 311 g/mol. The molecule has 0 saturated heterocycles. The zero-order valence-electron chi connectivity index (χ0n) is 9.74. The van der Waals surface area contributed by atoms with Crippen LogP contribution in [-0.2, 0) is 0 Å². The first-order valence-electron chi connectivity index (χ1n) is 5.47. The van der Waals surface area contributed by atoms with Gasteiger partial charge in [-0.05, 0) is 25.1 Å². The number of aromatic nitrogens is 2. The Labute approximate surface area is 113 Å². The first-order valence-corrected chi connectivity index (χ1v) is 6.26. The Kier molecular flexibility index (Phi) is 4.09. The Morgan fingerprint density at radius 3 is 2.78 bits per heavy atom. The Morgan fingerprint density at radius 2 is 2.06 bits per heavy atom. The van der Waals surface area contributed by atoms with Gasteiger partial charge in [0.1, 0.15) is 11.6 Å². The quantitative estimate of drug-likeness (QED) is 0.906. The van der Waals surface area contributed by atoms with E-state index in [-0.39, 0.29) is 5.82 Å². The normalized spacial score (nSPS) is 10.2. The van der Waals surface area contributed by atoms with Crippen molar-refractivity contribution >= 4 is 33.3 Å². The van der Waals surface area contributed by atoms with Gasteiger partial charge in [0.25, 0.3) is 0 Å². The van der Waals surface area contributed by atoms with Gasteiger partial charge in [0.2, 0.25) is 0 Å². The van der Waals surface area contributed by atoms with Crippen LogP contribution in [0.3, 0.4) is 0 Å². The second-order valence-electron chi connectivity index (χ2n) is 3.57. The van der Waals surface area contributed by atoms with Crippen molar-refractivity contribution in [2.45, 2.75) is 6.92 Å². The standard InChI is InChI=1S/C12H12BrFN4/c1-2-16-11-6-15-7-12(18-11)17-10-4-3-8(13)5-9(10)14/h3-7H,2H2,1H3,(H2,16,17,18). The fourth-order valence-corrected chi connectivity index (χ4v) is 1.75. The molecule has 0 spiro atoms. The van der Waals surface area contributed by atoms with Gasteiger partial charge in [0.05, 0.1) is 18.1 Å². The predicted molar refractivity (Wildman–Crippen MR) is 73.6 cm³/mol. The lowest BCUT2D eigenvalue weighted by Gasteiger charge is -2.08. The van der Waals surface area contributed by atoms with Crippen LogP contribution in [-0.4, -0.2) is 16.5 Å². The summed E-state index contributed by atoms with van der Waals surface area (Å²) in [5.74, 6) is 0.801.